The van der Waals surface area contributed by atoms with E-state index in [1.807, 2.05) is 39.5 Å². The topological polar surface area (TPSA) is 211 Å². The second kappa shape index (κ2) is 22.1. The number of benzene rings is 2. The second-order valence-electron chi connectivity index (χ2n) is 19.6. The third kappa shape index (κ3) is 11.5. The molecular weight excluding hydrogens is 973 g/mol. The van der Waals surface area contributed by atoms with Crippen LogP contribution in [0.3, 0.4) is 0 Å². The van der Waals surface area contributed by atoms with Gasteiger partial charge in [0.25, 0.3) is 5.91 Å². The lowest BCUT2D eigenvalue weighted by molar-refractivity contribution is -0.152. The number of ether oxygens (including phenoxy) is 2. The molecule has 3 aliphatic heterocycles. The van der Waals surface area contributed by atoms with Gasteiger partial charge in [-0.05, 0) is 92.3 Å². The molecule has 6 amide bonds. The number of alkyl carbamates (subject to hydrolysis) is 2. The van der Waals surface area contributed by atoms with Gasteiger partial charge < -0.3 is 50.0 Å². The molecule has 3 aliphatic rings. The van der Waals surface area contributed by atoms with Gasteiger partial charge in [-0.25, -0.2) is 19.6 Å². The number of amides is 6. The second-order valence-corrected chi connectivity index (χ2v) is 20.0. The van der Waals surface area contributed by atoms with E-state index in [9.17, 15) is 41.9 Å². The Bertz CT molecular complexity index is 2700. The average molecular weight is 1040 g/mol. The van der Waals surface area contributed by atoms with Crippen molar-refractivity contribution in [2.45, 2.75) is 103 Å². The Morgan fingerprint density at radius 3 is 2.05 bits per heavy atom. The summed E-state index contributed by atoms with van der Waals surface area (Å²) in [6, 6.07) is 9.17. The fourth-order valence-corrected chi connectivity index (χ4v) is 10.1. The van der Waals surface area contributed by atoms with Gasteiger partial charge >= 0.3 is 18.4 Å². The van der Waals surface area contributed by atoms with Crippen molar-refractivity contribution in [3.05, 3.63) is 82.9 Å². The fraction of sp³-hybridized carbons (Fsp3) is 0.490. The van der Waals surface area contributed by atoms with Crippen LogP contribution in [0.5, 0.6) is 0 Å². The first kappa shape index (κ1) is 53.9. The third-order valence-electron chi connectivity index (χ3n) is 14.0. The Labute approximate surface area is 426 Å². The SMILES string of the molecule is COC(=O)NC(C(=O)N1CCCC1c1ncc(-c2ccc(-c3cc(Cl)c(NC(=O)c4ccc(N5CCN(C(=O)C6(C)CCCN6C(=O)C(NC(=O)OC)C(C)C)CC5C)nc4)cc3C(F)(F)F)cc2)[nH]1)C(C)C. The molecule has 4 aromatic rings. The highest BCUT2D eigenvalue weighted by Gasteiger charge is 2.50. The molecule has 5 atom stereocenters. The van der Waals surface area contributed by atoms with Crippen LogP contribution in [0.1, 0.15) is 95.0 Å². The molecule has 18 nitrogen and oxygen atoms in total. The number of piperazine rings is 1. The Hall–Kier alpha value is -6.90. The van der Waals surface area contributed by atoms with Crippen LogP contribution < -0.4 is 20.9 Å². The summed E-state index contributed by atoms with van der Waals surface area (Å²) >= 11 is 6.59. The number of hydrogen-bond donors (Lipinski definition) is 4. The highest BCUT2D eigenvalue weighted by molar-refractivity contribution is 6.34. The normalized spacial score (nSPS) is 20.0. The predicted molar refractivity (Wildman–Crippen MR) is 266 cm³/mol. The zero-order valence-electron chi connectivity index (χ0n) is 42.1. The lowest BCUT2D eigenvalue weighted by Gasteiger charge is -2.45. The van der Waals surface area contributed by atoms with Crippen LogP contribution in [0.25, 0.3) is 22.4 Å². The largest absolute Gasteiger partial charge is 0.453 e. The summed E-state index contributed by atoms with van der Waals surface area (Å²) in [5.41, 5.74) is -1.09. The summed E-state index contributed by atoms with van der Waals surface area (Å²) in [5, 5.41) is 7.63. The number of imidazole rings is 1. The fourth-order valence-electron chi connectivity index (χ4n) is 9.93. The average Bonchev–Trinajstić information content (AvgIpc) is 4.15. The number of nitrogens with zero attached hydrogens (tertiary/aromatic N) is 6. The number of likely N-dealkylation sites (tertiary alicyclic amines) is 2. The molecule has 3 fully saturated rings. The molecule has 0 bridgehead atoms. The smallest absolute Gasteiger partial charge is 0.417 e. The maximum Gasteiger partial charge on any atom is 0.417 e. The standard InChI is InChI=1S/C51H62ClF3N10O8/c1-28(2)41(60-48(70)72-7)45(67)64-19-9-11-39(64)43-57-26-38(58-43)32-14-12-31(13-15-32)34-23-36(52)37(24-35(34)51(53,54)55)59-44(66)33-16-17-40(56-25-33)63-22-21-62(27-30(63)5)47(69)50(6)18-10-20-65(50)46(68)42(29(3)4)61-49(71)73-8/h12-17,23-26,28-30,39,41-42H,9-11,18-22,27H2,1-8H3,(H,57,58)(H,59,66)(H,60,70)(H,61,71). The van der Waals surface area contributed by atoms with Crippen LogP contribution in [0.15, 0.2) is 60.9 Å². The van der Waals surface area contributed by atoms with Crippen LogP contribution in [0.4, 0.5) is 34.3 Å². The summed E-state index contributed by atoms with van der Waals surface area (Å²) in [5.74, 6) is -0.943. The number of carbonyl (C=O) groups is 6. The van der Waals surface area contributed by atoms with E-state index in [-0.39, 0.29) is 69.0 Å². The third-order valence-corrected chi connectivity index (χ3v) is 14.3. The summed E-state index contributed by atoms with van der Waals surface area (Å²) in [4.78, 5) is 98.4. The maximum atomic E-state index is 14.7. The molecule has 2 aromatic carbocycles. The van der Waals surface area contributed by atoms with E-state index in [2.05, 4.69) is 30.9 Å². The van der Waals surface area contributed by atoms with Crippen molar-refractivity contribution >= 4 is 58.9 Å². The monoisotopic (exact) mass is 1030 g/mol. The molecule has 5 unspecified atom stereocenters. The van der Waals surface area contributed by atoms with Gasteiger partial charge in [-0.1, -0.05) is 63.6 Å². The molecule has 0 spiro atoms. The van der Waals surface area contributed by atoms with Crippen molar-refractivity contribution in [1.29, 1.82) is 0 Å². The molecule has 2 aromatic heterocycles. The van der Waals surface area contributed by atoms with E-state index in [4.69, 9.17) is 21.1 Å². The zero-order valence-corrected chi connectivity index (χ0v) is 42.8. The van der Waals surface area contributed by atoms with E-state index in [1.54, 1.807) is 46.0 Å². The predicted octanol–water partition coefficient (Wildman–Crippen LogP) is 7.91. The Morgan fingerprint density at radius 1 is 0.822 bits per heavy atom. The highest BCUT2D eigenvalue weighted by Crippen LogP contribution is 2.43. The van der Waals surface area contributed by atoms with Crippen LogP contribution >= 0.6 is 11.6 Å². The molecular formula is C51H62ClF3N10O8. The lowest BCUT2D eigenvalue weighted by Crippen LogP contribution is -2.64. The minimum atomic E-state index is -4.83. The molecule has 3 saturated heterocycles. The Kier molecular flexibility index (Phi) is 16.3. The molecule has 73 heavy (non-hydrogen) atoms. The first-order valence-corrected chi connectivity index (χ1v) is 24.6. The summed E-state index contributed by atoms with van der Waals surface area (Å²) in [7, 11) is 2.45. The van der Waals surface area contributed by atoms with Crippen molar-refractivity contribution in [2.24, 2.45) is 11.8 Å². The van der Waals surface area contributed by atoms with Gasteiger partial charge in [0, 0.05) is 45.0 Å². The highest BCUT2D eigenvalue weighted by atomic mass is 35.5. The van der Waals surface area contributed by atoms with E-state index in [0.717, 1.165) is 18.6 Å². The number of methoxy groups -OCH3 is 2. The Morgan fingerprint density at radius 2 is 1.47 bits per heavy atom. The van der Waals surface area contributed by atoms with Crippen molar-refractivity contribution < 1.29 is 51.4 Å². The van der Waals surface area contributed by atoms with Gasteiger partial charge in [-0.3, -0.25) is 19.2 Å². The quantitative estimate of drug-likeness (QED) is 0.101. The number of nitrogens with one attached hydrogen (secondary N) is 4. The molecule has 7 rings (SSSR count). The lowest BCUT2D eigenvalue weighted by atomic mass is 9.93. The van der Waals surface area contributed by atoms with E-state index < -0.39 is 47.5 Å². The molecule has 4 N–H and O–H groups in total. The van der Waals surface area contributed by atoms with Crippen LogP contribution in [-0.2, 0) is 30.0 Å². The van der Waals surface area contributed by atoms with Crippen molar-refractivity contribution in [3.63, 3.8) is 0 Å². The number of aromatic nitrogens is 3. The first-order valence-electron chi connectivity index (χ1n) is 24.3. The molecule has 0 radical (unpaired) electrons. The van der Waals surface area contributed by atoms with Gasteiger partial charge in [0.05, 0.1) is 54.0 Å². The van der Waals surface area contributed by atoms with E-state index >= 15 is 0 Å². The van der Waals surface area contributed by atoms with Crippen molar-refractivity contribution in [1.82, 2.24) is 40.3 Å². The van der Waals surface area contributed by atoms with Gasteiger partial charge in [0.1, 0.15) is 29.3 Å². The number of halogens is 4. The molecule has 0 saturated carbocycles. The summed E-state index contributed by atoms with van der Waals surface area (Å²) in [6.07, 6.45) is -0.913. The van der Waals surface area contributed by atoms with Crippen molar-refractivity contribution in [3.8, 4) is 22.4 Å². The van der Waals surface area contributed by atoms with Crippen LogP contribution in [0.2, 0.25) is 5.02 Å². The number of pyridine rings is 1. The number of carbonyl (C=O) groups excluding carboxylic acids is 6. The van der Waals surface area contributed by atoms with Gasteiger partial charge in [-0.2, -0.15) is 13.2 Å². The molecule has 5 heterocycles. The minimum absolute atomic E-state index is 0.0688. The van der Waals surface area contributed by atoms with Crippen molar-refractivity contribution in [2.75, 3.05) is 57.2 Å². The Balaban J connectivity index is 0.995. The van der Waals surface area contributed by atoms with Gasteiger partial charge in [0.15, 0.2) is 0 Å². The summed E-state index contributed by atoms with van der Waals surface area (Å²) < 4.78 is 53.7. The van der Waals surface area contributed by atoms with E-state index in [0.29, 0.717) is 74.9 Å². The number of hydrogen-bond acceptors (Lipinski definition) is 11. The maximum absolute atomic E-state index is 14.7. The minimum Gasteiger partial charge on any atom is -0.453 e. The molecule has 392 valence electrons. The first-order chi connectivity index (χ1) is 34.6. The van der Waals surface area contributed by atoms with Gasteiger partial charge in [0.2, 0.25) is 17.7 Å². The summed E-state index contributed by atoms with van der Waals surface area (Å²) in [6.45, 7) is 12.8. The molecule has 0 aliphatic carbocycles. The molecule has 22 heteroatoms. The van der Waals surface area contributed by atoms with Crippen LogP contribution in [-0.4, -0.2) is 136 Å². The number of rotatable bonds is 13. The van der Waals surface area contributed by atoms with E-state index in [1.165, 1.54) is 38.6 Å². The number of aromatic amines is 1. The van der Waals surface area contributed by atoms with Gasteiger partial charge in [-0.15, -0.1) is 0 Å². The number of H-pyrrole nitrogens is 1. The number of alkyl halides is 3. The van der Waals surface area contributed by atoms with Crippen LogP contribution in [0, 0.1) is 11.8 Å². The zero-order chi connectivity index (χ0) is 53.1. The number of anilines is 2.